The van der Waals surface area contributed by atoms with Crippen molar-refractivity contribution in [2.75, 3.05) is 36.9 Å². The normalized spacial score (nSPS) is 15.2. The molecule has 1 aromatic carbocycles. The molecule has 11 nitrogen and oxygen atoms in total. The molecule has 1 saturated heterocycles. The summed E-state index contributed by atoms with van der Waals surface area (Å²) in [4.78, 5) is 13.9. The minimum absolute atomic E-state index is 0.0144. The van der Waals surface area contributed by atoms with Crippen LogP contribution in [-0.4, -0.2) is 57.8 Å². The summed E-state index contributed by atoms with van der Waals surface area (Å²) in [6, 6.07) is 4.89. The number of benzene rings is 1. The Kier molecular flexibility index (Phi) is 4.10. The molecule has 1 aliphatic rings. The largest absolute Gasteiger partial charge is 0.378 e. The molecule has 0 amide bonds. The zero-order chi connectivity index (χ0) is 16.2. The van der Waals surface area contributed by atoms with Gasteiger partial charge in [0.15, 0.2) is 0 Å². The second-order valence-electron chi connectivity index (χ2n) is 4.78. The Balaban J connectivity index is 1.88. The van der Waals surface area contributed by atoms with Crippen molar-refractivity contribution in [1.82, 2.24) is 20.3 Å². The first-order valence-corrected chi connectivity index (χ1v) is 6.84. The van der Waals surface area contributed by atoms with Gasteiger partial charge >= 0.3 is 0 Å². The first kappa shape index (κ1) is 14.8. The van der Waals surface area contributed by atoms with Crippen molar-refractivity contribution in [2.24, 2.45) is 5.10 Å². The van der Waals surface area contributed by atoms with Crippen LogP contribution < -0.4 is 10.6 Å². The number of nitrogen functional groups attached to an aromatic ring is 1. The molecule has 1 aromatic heterocycles. The molecule has 2 N–H and O–H groups in total. The van der Waals surface area contributed by atoms with Crippen molar-refractivity contribution >= 4 is 23.5 Å². The van der Waals surface area contributed by atoms with Gasteiger partial charge in [0.2, 0.25) is 0 Å². The van der Waals surface area contributed by atoms with Gasteiger partial charge in [-0.25, -0.2) is 0 Å². The number of tetrazole rings is 1. The molecule has 0 spiro atoms. The molecular formula is C12H14N8O3. The van der Waals surface area contributed by atoms with Gasteiger partial charge in [0, 0.05) is 24.7 Å². The van der Waals surface area contributed by atoms with Gasteiger partial charge < -0.3 is 15.4 Å². The van der Waals surface area contributed by atoms with Crippen molar-refractivity contribution in [3.63, 3.8) is 0 Å². The molecule has 0 radical (unpaired) electrons. The number of hydrogen-bond acceptors (Lipinski definition) is 9. The van der Waals surface area contributed by atoms with Crippen LogP contribution in [0.1, 0.15) is 5.56 Å². The number of rotatable bonds is 4. The first-order chi connectivity index (χ1) is 11.1. The van der Waals surface area contributed by atoms with E-state index in [1.54, 1.807) is 12.1 Å². The van der Waals surface area contributed by atoms with E-state index < -0.39 is 4.92 Å². The zero-order valence-electron chi connectivity index (χ0n) is 12.1. The maximum atomic E-state index is 11.3. The van der Waals surface area contributed by atoms with Crippen molar-refractivity contribution in [1.29, 1.82) is 0 Å². The van der Waals surface area contributed by atoms with E-state index in [0.717, 1.165) is 4.79 Å². The van der Waals surface area contributed by atoms with Gasteiger partial charge in [-0.15, -0.1) is 0 Å². The van der Waals surface area contributed by atoms with Crippen LogP contribution >= 0.6 is 0 Å². The van der Waals surface area contributed by atoms with Gasteiger partial charge in [-0.1, -0.05) is 16.0 Å². The molecule has 0 aliphatic carbocycles. The Labute approximate surface area is 130 Å². The Morgan fingerprint density at radius 2 is 2.17 bits per heavy atom. The average Bonchev–Trinajstić information content (AvgIpc) is 2.98. The first-order valence-electron chi connectivity index (χ1n) is 6.84. The lowest BCUT2D eigenvalue weighted by atomic mass is 10.1. The van der Waals surface area contributed by atoms with E-state index in [2.05, 4.69) is 20.6 Å². The summed E-state index contributed by atoms with van der Waals surface area (Å²) in [5.41, 5.74) is 6.62. The summed E-state index contributed by atoms with van der Waals surface area (Å²) < 4.78 is 5.27. The highest BCUT2D eigenvalue weighted by atomic mass is 16.6. The summed E-state index contributed by atoms with van der Waals surface area (Å²) in [7, 11) is 0. The Morgan fingerprint density at radius 1 is 1.39 bits per heavy atom. The quantitative estimate of drug-likeness (QED) is 0.468. The van der Waals surface area contributed by atoms with Crippen LogP contribution in [0.25, 0.3) is 0 Å². The van der Waals surface area contributed by atoms with E-state index in [1.807, 2.05) is 4.90 Å². The highest BCUT2D eigenvalue weighted by Gasteiger charge is 2.21. The molecule has 1 aliphatic heterocycles. The highest BCUT2D eigenvalue weighted by Crippen LogP contribution is 2.29. The number of anilines is 2. The van der Waals surface area contributed by atoms with Crippen molar-refractivity contribution in [3.05, 3.63) is 33.9 Å². The number of morpholine rings is 1. The van der Waals surface area contributed by atoms with Crippen molar-refractivity contribution < 1.29 is 9.66 Å². The SMILES string of the molecule is Nc1nnnn1/N=C\c1ccc(N2CCOCC2)c([N+](=O)[O-])c1. The molecule has 0 bridgehead atoms. The second kappa shape index (κ2) is 6.36. The zero-order valence-corrected chi connectivity index (χ0v) is 12.1. The fraction of sp³-hybridized carbons (Fsp3) is 0.333. The Morgan fingerprint density at radius 3 is 2.83 bits per heavy atom. The van der Waals surface area contributed by atoms with Crippen molar-refractivity contribution in [3.8, 4) is 0 Å². The summed E-state index contributed by atoms with van der Waals surface area (Å²) in [5, 5.41) is 25.7. The number of nitrogens with zero attached hydrogens (tertiary/aromatic N) is 7. The van der Waals surface area contributed by atoms with Gasteiger partial charge in [-0.2, -0.15) is 5.10 Å². The molecule has 1 fully saturated rings. The molecule has 3 rings (SSSR count). The van der Waals surface area contributed by atoms with Gasteiger partial charge in [-0.3, -0.25) is 10.1 Å². The third-order valence-electron chi connectivity index (χ3n) is 3.34. The fourth-order valence-electron chi connectivity index (χ4n) is 2.23. The third-order valence-corrected chi connectivity index (χ3v) is 3.34. The van der Waals surface area contributed by atoms with E-state index in [9.17, 15) is 10.1 Å². The van der Waals surface area contributed by atoms with E-state index in [0.29, 0.717) is 37.6 Å². The Bertz CT molecular complexity index is 738. The lowest BCUT2D eigenvalue weighted by molar-refractivity contribution is -0.384. The molecular weight excluding hydrogens is 304 g/mol. The standard InChI is InChI=1S/C12H14N8O3/c13-12-15-16-17-19(12)14-8-9-1-2-10(11(7-9)20(21)22)18-3-5-23-6-4-18/h1-2,7-8H,3-6H2,(H2,13,15,17)/b14-8-. The average molecular weight is 318 g/mol. The fourth-order valence-corrected chi connectivity index (χ4v) is 2.23. The monoisotopic (exact) mass is 318 g/mol. The molecule has 23 heavy (non-hydrogen) atoms. The molecule has 0 saturated carbocycles. The number of ether oxygens (including phenoxy) is 1. The summed E-state index contributed by atoms with van der Waals surface area (Å²) in [6.07, 6.45) is 1.41. The van der Waals surface area contributed by atoms with Crippen LogP contribution in [-0.2, 0) is 4.74 Å². The molecule has 0 unspecified atom stereocenters. The van der Waals surface area contributed by atoms with Crippen LogP contribution in [0.2, 0.25) is 0 Å². The summed E-state index contributed by atoms with van der Waals surface area (Å²) in [5.74, 6) is 0.0284. The minimum atomic E-state index is -0.409. The summed E-state index contributed by atoms with van der Waals surface area (Å²) in [6.45, 7) is 2.35. The summed E-state index contributed by atoms with van der Waals surface area (Å²) >= 11 is 0. The second-order valence-corrected chi connectivity index (χ2v) is 4.78. The predicted octanol–water partition coefficient (Wildman–Crippen LogP) is -0.118. The third kappa shape index (κ3) is 3.23. The van der Waals surface area contributed by atoms with Crippen LogP contribution in [0.3, 0.4) is 0 Å². The number of nitro benzene ring substituents is 1. The number of hydrogen-bond donors (Lipinski definition) is 1. The highest BCUT2D eigenvalue weighted by molar-refractivity contribution is 5.83. The molecule has 2 heterocycles. The van der Waals surface area contributed by atoms with E-state index in [4.69, 9.17) is 10.5 Å². The van der Waals surface area contributed by atoms with Crippen molar-refractivity contribution in [2.45, 2.75) is 0 Å². The van der Waals surface area contributed by atoms with Gasteiger partial charge in [0.05, 0.1) is 24.4 Å². The molecule has 0 atom stereocenters. The lowest BCUT2D eigenvalue weighted by Crippen LogP contribution is -2.36. The molecule has 120 valence electrons. The van der Waals surface area contributed by atoms with Gasteiger partial charge in [0.25, 0.3) is 11.6 Å². The minimum Gasteiger partial charge on any atom is -0.378 e. The smallest absolute Gasteiger partial charge is 0.293 e. The number of aromatic nitrogens is 4. The van der Waals surface area contributed by atoms with E-state index in [-0.39, 0.29) is 11.6 Å². The van der Waals surface area contributed by atoms with Crippen LogP contribution in [0, 0.1) is 10.1 Å². The topological polar surface area (TPSA) is 138 Å². The number of nitro groups is 1. The molecule has 11 heteroatoms. The van der Waals surface area contributed by atoms with Gasteiger partial charge in [-0.05, 0) is 16.5 Å². The van der Waals surface area contributed by atoms with Crippen LogP contribution in [0.5, 0.6) is 0 Å². The predicted molar refractivity (Wildman–Crippen MR) is 81.3 cm³/mol. The lowest BCUT2D eigenvalue weighted by Gasteiger charge is -2.28. The van der Waals surface area contributed by atoms with E-state index >= 15 is 0 Å². The molecule has 2 aromatic rings. The van der Waals surface area contributed by atoms with E-state index in [1.165, 1.54) is 12.3 Å². The maximum absolute atomic E-state index is 11.3. The Hall–Kier alpha value is -3.08. The van der Waals surface area contributed by atoms with Crippen LogP contribution in [0.15, 0.2) is 23.3 Å². The van der Waals surface area contributed by atoms with Crippen LogP contribution in [0.4, 0.5) is 17.3 Å². The maximum Gasteiger partial charge on any atom is 0.293 e. The van der Waals surface area contributed by atoms with Gasteiger partial charge in [0.1, 0.15) is 5.69 Å². The number of nitrogens with two attached hydrogens (primary N) is 1.